The van der Waals surface area contributed by atoms with Crippen LogP contribution in [0.25, 0.3) is 0 Å². The lowest BCUT2D eigenvalue weighted by molar-refractivity contribution is 0.0160. The molecule has 1 aromatic rings. The first-order valence-corrected chi connectivity index (χ1v) is 8.32. The van der Waals surface area contributed by atoms with Crippen LogP contribution in [0.5, 0.6) is 0 Å². The fraction of sp³-hybridized carbons (Fsp3) is 0.706. The van der Waals surface area contributed by atoms with Gasteiger partial charge < -0.3 is 10.1 Å². The number of nitrogens with one attached hydrogen (secondary N) is 1. The Balaban J connectivity index is 2.03. The van der Waals surface area contributed by atoms with Crippen molar-refractivity contribution in [1.82, 2.24) is 15.1 Å². The van der Waals surface area contributed by atoms with Gasteiger partial charge in [0.2, 0.25) is 0 Å². The summed E-state index contributed by atoms with van der Waals surface area (Å²) in [6.45, 7) is 11.3. The highest BCUT2D eigenvalue weighted by Crippen LogP contribution is 2.37. The van der Waals surface area contributed by atoms with Crippen LogP contribution in [-0.2, 0) is 24.1 Å². The standard InChI is InChI=1S/C17H26N3O2/c1-4-20-15-13(14(19-20)9-12(2)3)10-17(11-18-16(15)21)5-7-22-8-6-17/h12H,2,4-11H2,1,3H3,(H,18,21)/t12-/m1/s1. The van der Waals surface area contributed by atoms with Gasteiger partial charge in [0.15, 0.2) is 0 Å². The molecule has 3 rings (SSSR count). The van der Waals surface area contributed by atoms with Crippen LogP contribution in [0.15, 0.2) is 0 Å². The van der Waals surface area contributed by atoms with Gasteiger partial charge in [-0.3, -0.25) is 9.48 Å². The number of amides is 1. The molecule has 1 aromatic heterocycles. The van der Waals surface area contributed by atoms with Crippen molar-refractivity contribution in [3.05, 3.63) is 23.9 Å². The van der Waals surface area contributed by atoms with Crippen LogP contribution in [0.4, 0.5) is 0 Å². The monoisotopic (exact) mass is 304 g/mol. The lowest BCUT2D eigenvalue weighted by Gasteiger charge is -2.36. The Morgan fingerprint density at radius 1 is 1.45 bits per heavy atom. The fourth-order valence-electron chi connectivity index (χ4n) is 3.66. The third-order valence-corrected chi connectivity index (χ3v) is 4.92. The van der Waals surface area contributed by atoms with Crippen molar-refractivity contribution in [1.29, 1.82) is 0 Å². The number of carbonyl (C=O) groups is 1. The highest BCUT2D eigenvalue weighted by atomic mass is 16.5. The number of fused-ring (bicyclic) bond motifs is 1. The van der Waals surface area contributed by atoms with Crippen LogP contribution in [0, 0.1) is 18.3 Å². The van der Waals surface area contributed by atoms with Crippen molar-refractivity contribution in [2.24, 2.45) is 11.3 Å². The van der Waals surface area contributed by atoms with Crippen molar-refractivity contribution in [2.75, 3.05) is 19.8 Å². The van der Waals surface area contributed by atoms with E-state index in [0.29, 0.717) is 5.92 Å². The van der Waals surface area contributed by atoms with Gasteiger partial charge in [-0.2, -0.15) is 5.10 Å². The van der Waals surface area contributed by atoms with E-state index in [9.17, 15) is 4.79 Å². The van der Waals surface area contributed by atoms with E-state index >= 15 is 0 Å². The molecule has 5 heteroatoms. The van der Waals surface area contributed by atoms with Gasteiger partial charge >= 0.3 is 0 Å². The lowest BCUT2D eigenvalue weighted by Crippen LogP contribution is -2.40. The smallest absolute Gasteiger partial charge is 0.269 e. The van der Waals surface area contributed by atoms with E-state index in [0.717, 1.165) is 68.9 Å². The Kier molecular flexibility index (Phi) is 4.26. The molecule has 1 atom stereocenters. The molecular weight excluding hydrogens is 278 g/mol. The summed E-state index contributed by atoms with van der Waals surface area (Å²) in [6, 6.07) is 0. The molecule has 0 unspecified atom stereocenters. The first-order chi connectivity index (χ1) is 10.5. The van der Waals surface area contributed by atoms with Crippen LogP contribution in [0.1, 0.15) is 48.4 Å². The molecule has 0 aromatic carbocycles. The summed E-state index contributed by atoms with van der Waals surface area (Å²) in [5.41, 5.74) is 3.10. The van der Waals surface area contributed by atoms with Crippen molar-refractivity contribution in [3.63, 3.8) is 0 Å². The van der Waals surface area contributed by atoms with Crippen LogP contribution in [0.3, 0.4) is 0 Å². The first-order valence-electron chi connectivity index (χ1n) is 8.32. The third-order valence-electron chi connectivity index (χ3n) is 4.92. The molecule has 0 saturated carbocycles. The number of hydrogen-bond acceptors (Lipinski definition) is 3. The molecule has 2 aliphatic rings. The van der Waals surface area contributed by atoms with E-state index in [4.69, 9.17) is 9.84 Å². The zero-order valence-corrected chi connectivity index (χ0v) is 13.7. The molecule has 0 aliphatic carbocycles. The second-order valence-corrected chi connectivity index (χ2v) is 6.87. The zero-order valence-electron chi connectivity index (χ0n) is 13.7. The molecule has 1 saturated heterocycles. The van der Waals surface area contributed by atoms with Gasteiger partial charge in [0.05, 0.1) is 5.69 Å². The predicted octanol–water partition coefficient (Wildman–Crippen LogP) is 2.00. The van der Waals surface area contributed by atoms with E-state index in [1.165, 1.54) is 0 Å². The maximum absolute atomic E-state index is 12.6. The summed E-state index contributed by atoms with van der Waals surface area (Å²) in [4.78, 5) is 12.6. The Hall–Kier alpha value is -1.36. The van der Waals surface area contributed by atoms with E-state index in [1.54, 1.807) is 0 Å². The van der Waals surface area contributed by atoms with E-state index in [1.807, 2.05) is 11.6 Å². The van der Waals surface area contributed by atoms with E-state index in [2.05, 4.69) is 19.2 Å². The molecule has 5 nitrogen and oxygen atoms in total. The molecule has 1 N–H and O–H groups in total. The van der Waals surface area contributed by atoms with Gasteiger partial charge in [0, 0.05) is 31.9 Å². The van der Waals surface area contributed by atoms with Gasteiger partial charge in [0.25, 0.3) is 5.91 Å². The molecule has 22 heavy (non-hydrogen) atoms. The molecular formula is C17H26N3O2. The molecule has 0 bridgehead atoms. The van der Waals surface area contributed by atoms with Gasteiger partial charge in [0.1, 0.15) is 5.69 Å². The fourth-order valence-corrected chi connectivity index (χ4v) is 3.66. The van der Waals surface area contributed by atoms with Gasteiger partial charge in [-0.05, 0) is 43.9 Å². The van der Waals surface area contributed by atoms with Crippen LogP contribution < -0.4 is 5.32 Å². The number of aryl methyl sites for hydroxylation is 1. The topological polar surface area (TPSA) is 56.1 Å². The average molecular weight is 304 g/mol. The van der Waals surface area contributed by atoms with Crippen LogP contribution in [0.2, 0.25) is 0 Å². The normalized spacial score (nSPS) is 20.8. The van der Waals surface area contributed by atoms with Crippen molar-refractivity contribution < 1.29 is 9.53 Å². The SMILES string of the molecule is [CH2][C@H](C)Cc1nn(CC)c2c1CC1(CCOCC1)CNC2=O. The van der Waals surface area contributed by atoms with Crippen molar-refractivity contribution in [2.45, 2.75) is 46.1 Å². The molecule has 121 valence electrons. The average Bonchev–Trinajstić information content (AvgIpc) is 2.75. The van der Waals surface area contributed by atoms with Crippen LogP contribution >= 0.6 is 0 Å². The molecule has 3 heterocycles. The molecule has 1 amide bonds. The largest absolute Gasteiger partial charge is 0.381 e. The highest BCUT2D eigenvalue weighted by molar-refractivity contribution is 5.94. The number of nitrogens with zero attached hydrogens (tertiary/aromatic N) is 2. The first kappa shape index (κ1) is 15.5. The third kappa shape index (κ3) is 2.78. The minimum Gasteiger partial charge on any atom is -0.381 e. The molecule has 1 spiro atoms. The Labute approximate surface area is 132 Å². The summed E-state index contributed by atoms with van der Waals surface area (Å²) in [6.07, 6.45) is 3.76. The summed E-state index contributed by atoms with van der Waals surface area (Å²) >= 11 is 0. The van der Waals surface area contributed by atoms with E-state index in [-0.39, 0.29) is 11.3 Å². The Morgan fingerprint density at radius 3 is 2.82 bits per heavy atom. The number of ether oxygens (including phenoxy) is 1. The number of aromatic nitrogens is 2. The van der Waals surface area contributed by atoms with E-state index < -0.39 is 0 Å². The summed E-state index contributed by atoms with van der Waals surface area (Å²) in [5, 5.41) is 7.84. The molecule has 2 aliphatic heterocycles. The summed E-state index contributed by atoms with van der Waals surface area (Å²) < 4.78 is 7.39. The second-order valence-electron chi connectivity index (χ2n) is 6.87. The number of carbonyl (C=O) groups excluding carboxylic acids is 1. The molecule has 1 radical (unpaired) electrons. The Bertz CT molecular complexity index is 556. The minimum atomic E-state index is 0.0238. The Morgan fingerprint density at radius 2 is 2.18 bits per heavy atom. The maximum Gasteiger partial charge on any atom is 0.269 e. The highest BCUT2D eigenvalue weighted by Gasteiger charge is 2.39. The number of hydrogen-bond donors (Lipinski definition) is 1. The predicted molar refractivity (Wildman–Crippen MR) is 84.6 cm³/mol. The molecule has 1 fully saturated rings. The van der Waals surface area contributed by atoms with Crippen molar-refractivity contribution in [3.8, 4) is 0 Å². The van der Waals surface area contributed by atoms with Gasteiger partial charge in [-0.25, -0.2) is 0 Å². The quantitative estimate of drug-likeness (QED) is 0.929. The number of rotatable bonds is 3. The summed E-state index contributed by atoms with van der Waals surface area (Å²) in [5.74, 6) is 0.317. The van der Waals surface area contributed by atoms with Gasteiger partial charge in [-0.1, -0.05) is 13.8 Å². The maximum atomic E-state index is 12.6. The lowest BCUT2D eigenvalue weighted by atomic mass is 9.75. The van der Waals surface area contributed by atoms with Gasteiger partial charge in [-0.15, -0.1) is 0 Å². The van der Waals surface area contributed by atoms with Crippen LogP contribution in [-0.4, -0.2) is 35.4 Å². The second kappa shape index (κ2) is 6.03. The summed E-state index contributed by atoms with van der Waals surface area (Å²) in [7, 11) is 0. The zero-order chi connectivity index (χ0) is 15.7. The minimum absolute atomic E-state index is 0.0238. The van der Waals surface area contributed by atoms with Crippen molar-refractivity contribution >= 4 is 5.91 Å².